The summed E-state index contributed by atoms with van der Waals surface area (Å²) in [7, 11) is 0. The third-order valence-electron chi connectivity index (χ3n) is 3.38. The Balaban J connectivity index is 2.23. The first-order valence-electron chi connectivity index (χ1n) is 6.03. The van der Waals surface area contributed by atoms with E-state index in [0.29, 0.717) is 6.04 Å². The zero-order chi connectivity index (χ0) is 10.6. The minimum atomic E-state index is -0.0493. The topological polar surface area (TPSA) is 52.0 Å². The van der Waals surface area contributed by atoms with E-state index in [1.807, 2.05) is 0 Å². The van der Waals surface area contributed by atoms with E-state index in [-0.39, 0.29) is 5.54 Å². The lowest BCUT2D eigenvalue weighted by atomic mass is 9.81. The molecule has 1 unspecified atom stereocenters. The summed E-state index contributed by atoms with van der Waals surface area (Å²) in [6.45, 7) is 4.17. The molecule has 84 valence electrons. The molecule has 1 atom stereocenters. The van der Waals surface area contributed by atoms with Gasteiger partial charge in [-0.25, -0.2) is 0 Å². The normalized spacial score (nSPS) is 22.3. The highest BCUT2D eigenvalue weighted by atomic mass is 14.7. The lowest BCUT2D eigenvalue weighted by molar-refractivity contribution is 0.279. The van der Waals surface area contributed by atoms with Crippen molar-refractivity contribution >= 4 is 0 Å². The van der Waals surface area contributed by atoms with Crippen LogP contribution in [-0.4, -0.2) is 11.6 Å². The second kappa shape index (κ2) is 5.13. The molecule has 1 aliphatic carbocycles. The summed E-state index contributed by atoms with van der Waals surface area (Å²) in [6, 6.07) is 0.387. The van der Waals surface area contributed by atoms with Gasteiger partial charge in [-0.05, 0) is 45.4 Å². The Morgan fingerprint density at radius 1 is 1.21 bits per heavy atom. The standard InChI is InChI=1S/C12H26N2/c1-12(2,14)9-8-11(13)10-6-4-3-5-7-10/h10-11H,3-9,13-14H2,1-2H3. The molecule has 0 aliphatic heterocycles. The predicted molar refractivity (Wildman–Crippen MR) is 62.1 cm³/mol. The lowest BCUT2D eigenvalue weighted by Crippen LogP contribution is -2.37. The minimum Gasteiger partial charge on any atom is -0.327 e. The fourth-order valence-corrected chi connectivity index (χ4v) is 2.34. The number of rotatable bonds is 4. The molecular weight excluding hydrogens is 172 g/mol. The molecule has 2 nitrogen and oxygen atoms in total. The van der Waals surface area contributed by atoms with E-state index >= 15 is 0 Å². The highest BCUT2D eigenvalue weighted by molar-refractivity contribution is 4.80. The molecule has 0 aromatic heterocycles. The van der Waals surface area contributed by atoms with E-state index in [9.17, 15) is 0 Å². The maximum Gasteiger partial charge on any atom is 0.00976 e. The van der Waals surface area contributed by atoms with Crippen LogP contribution in [0.25, 0.3) is 0 Å². The van der Waals surface area contributed by atoms with Gasteiger partial charge >= 0.3 is 0 Å². The van der Waals surface area contributed by atoms with Crippen molar-refractivity contribution in [2.45, 2.75) is 70.4 Å². The molecule has 0 amide bonds. The molecule has 1 fully saturated rings. The van der Waals surface area contributed by atoms with Gasteiger partial charge in [-0.3, -0.25) is 0 Å². The van der Waals surface area contributed by atoms with Gasteiger partial charge in [-0.1, -0.05) is 19.3 Å². The smallest absolute Gasteiger partial charge is 0.00976 e. The largest absolute Gasteiger partial charge is 0.327 e. The van der Waals surface area contributed by atoms with Crippen molar-refractivity contribution in [2.75, 3.05) is 0 Å². The Bertz CT molecular complexity index is 154. The van der Waals surface area contributed by atoms with E-state index in [2.05, 4.69) is 13.8 Å². The van der Waals surface area contributed by atoms with Crippen LogP contribution in [0.1, 0.15) is 58.8 Å². The Labute approximate surface area is 88.4 Å². The molecule has 2 heteroatoms. The fourth-order valence-electron chi connectivity index (χ4n) is 2.34. The van der Waals surface area contributed by atoms with Crippen molar-refractivity contribution < 1.29 is 0 Å². The van der Waals surface area contributed by atoms with Crippen molar-refractivity contribution in [3.63, 3.8) is 0 Å². The molecule has 1 saturated carbocycles. The van der Waals surface area contributed by atoms with Crippen LogP contribution in [0.4, 0.5) is 0 Å². The molecule has 1 rings (SSSR count). The zero-order valence-electron chi connectivity index (χ0n) is 9.76. The lowest BCUT2D eigenvalue weighted by Gasteiger charge is -2.29. The van der Waals surface area contributed by atoms with Gasteiger partial charge in [0, 0.05) is 11.6 Å². The van der Waals surface area contributed by atoms with Crippen LogP contribution < -0.4 is 11.5 Å². The first-order chi connectivity index (χ1) is 6.49. The van der Waals surface area contributed by atoms with E-state index < -0.39 is 0 Å². The molecule has 0 spiro atoms. The van der Waals surface area contributed by atoms with Gasteiger partial charge in [0.15, 0.2) is 0 Å². The van der Waals surface area contributed by atoms with Gasteiger partial charge in [-0.15, -0.1) is 0 Å². The van der Waals surface area contributed by atoms with Gasteiger partial charge < -0.3 is 11.5 Å². The molecule has 0 radical (unpaired) electrons. The van der Waals surface area contributed by atoms with Gasteiger partial charge in [0.1, 0.15) is 0 Å². The van der Waals surface area contributed by atoms with Crippen LogP contribution in [-0.2, 0) is 0 Å². The first kappa shape index (κ1) is 12.0. The zero-order valence-corrected chi connectivity index (χ0v) is 9.76. The van der Waals surface area contributed by atoms with Crippen LogP contribution in [0, 0.1) is 5.92 Å². The second-order valence-electron chi connectivity index (χ2n) is 5.59. The number of hydrogen-bond acceptors (Lipinski definition) is 2. The average Bonchev–Trinajstić information content (AvgIpc) is 2.14. The SMILES string of the molecule is CC(C)(N)CCC(N)C1CCCCC1. The molecule has 0 heterocycles. The molecular formula is C12H26N2. The van der Waals surface area contributed by atoms with Crippen molar-refractivity contribution in [2.24, 2.45) is 17.4 Å². The summed E-state index contributed by atoms with van der Waals surface area (Å²) in [5.74, 6) is 0.770. The van der Waals surface area contributed by atoms with Crippen LogP contribution in [0.5, 0.6) is 0 Å². The minimum absolute atomic E-state index is 0.0493. The Hall–Kier alpha value is -0.0800. The van der Waals surface area contributed by atoms with E-state index in [0.717, 1.165) is 18.8 Å². The van der Waals surface area contributed by atoms with E-state index in [1.54, 1.807) is 0 Å². The van der Waals surface area contributed by atoms with Gasteiger partial charge in [0.2, 0.25) is 0 Å². The Morgan fingerprint density at radius 2 is 1.79 bits per heavy atom. The van der Waals surface area contributed by atoms with Gasteiger partial charge in [0.25, 0.3) is 0 Å². The second-order valence-corrected chi connectivity index (χ2v) is 5.59. The van der Waals surface area contributed by atoms with Gasteiger partial charge in [0.05, 0.1) is 0 Å². The quantitative estimate of drug-likeness (QED) is 0.729. The molecule has 1 aliphatic rings. The number of hydrogen-bond donors (Lipinski definition) is 2. The maximum atomic E-state index is 6.20. The summed E-state index contributed by atoms with van der Waals surface area (Å²) in [5, 5.41) is 0. The molecule has 0 saturated heterocycles. The summed E-state index contributed by atoms with van der Waals surface area (Å²) in [5.41, 5.74) is 12.1. The predicted octanol–water partition coefficient (Wildman–Crippen LogP) is 2.41. The summed E-state index contributed by atoms with van der Waals surface area (Å²) in [4.78, 5) is 0. The highest BCUT2D eigenvalue weighted by Crippen LogP contribution is 2.27. The maximum absolute atomic E-state index is 6.20. The van der Waals surface area contributed by atoms with Crippen LogP contribution in [0.2, 0.25) is 0 Å². The van der Waals surface area contributed by atoms with E-state index in [4.69, 9.17) is 11.5 Å². The van der Waals surface area contributed by atoms with Crippen LogP contribution in [0.15, 0.2) is 0 Å². The summed E-state index contributed by atoms with van der Waals surface area (Å²) >= 11 is 0. The Kier molecular flexibility index (Phi) is 4.39. The van der Waals surface area contributed by atoms with Gasteiger partial charge in [-0.2, -0.15) is 0 Å². The van der Waals surface area contributed by atoms with Crippen molar-refractivity contribution in [3.05, 3.63) is 0 Å². The molecule has 14 heavy (non-hydrogen) atoms. The van der Waals surface area contributed by atoms with E-state index in [1.165, 1.54) is 32.1 Å². The Morgan fingerprint density at radius 3 is 2.29 bits per heavy atom. The number of nitrogens with two attached hydrogens (primary N) is 2. The van der Waals surface area contributed by atoms with Crippen LogP contribution >= 0.6 is 0 Å². The third kappa shape index (κ3) is 4.43. The molecule has 0 aromatic carbocycles. The monoisotopic (exact) mass is 198 g/mol. The molecule has 0 aromatic rings. The fraction of sp³-hybridized carbons (Fsp3) is 1.00. The average molecular weight is 198 g/mol. The highest BCUT2D eigenvalue weighted by Gasteiger charge is 2.22. The molecule has 0 bridgehead atoms. The third-order valence-corrected chi connectivity index (χ3v) is 3.38. The summed E-state index contributed by atoms with van der Waals surface area (Å²) < 4.78 is 0. The molecule has 4 N–H and O–H groups in total. The van der Waals surface area contributed by atoms with Crippen molar-refractivity contribution in [1.29, 1.82) is 0 Å². The summed E-state index contributed by atoms with van der Waals surface area (Å²) in [6.07, 6.45) is 8.98. The van der Waals surface area contributed by atoms with Crippen LogP contribution in [0.3, 0.4) is 0 Å². The first-order valence-corrected chi connectivity index (χ1v) is 6.03. The van der Waals surface area contributed by atoms with Crippen molar-refractivity contribution in [1.82, 2.24) is 0 Å². The van der Waals surface area contributed by atoms with Crippen molar-refractivity contribution in [3.8, 4) is 0 Å².